The highest BCUT2D eigenvalue weighted by atomic mass is 35.5. The normalized spacial score (nSPS) is 11.0. The molecule has 0 saturated heterocycles. The largest absolute Gasteiger partial charge is 0.459 e. The average Bonchev–Trinajstić information content (AvgIpc) is 3.02. The summed E-state index contributed by atoms with van der Waals surface area (Å²) >= 11 is 6.17. The number of fused-ring (bicyclic) bond motifs is 2. The van der Waals surface area contributed by atoms with E-state index in [0.29, 0.717) is 17.5 Å². The fourth-order valence-corrected chi connectivity index (χ4v) is 2.92. The maximum Gasteiger partial charge on any atom is 0.270 e. The topological polar surface area (TPSA) is 55.1 Å². The molecular weight excluding hydrogens is 324 g/mol. The quantitative estimate of drug-likeness (QED) is 0.558. The molecule has 0 unspecified atom stereocenters. The summed E-state index contributed by atoms with van der Waals surface area (Å²) in [4.78, 5) is 16.5. The number of para-hydroxylation sites is 1. The zero-order valence-corrected chi connectivity index (χ0v) is 13.4. The molecule has 0 saturated carbocycles. The van der Waals surface area contributed by atoms with Crippen LogP contribution in [0.1, 0.15) is 16.2 Å². The molecule has 2 heterocycles. The molecule has 0 bridgehead atoms. The van der Waals surface area contributed by atoms with E-state index >= 15 is 0 Å². The molecule has 2 aromatic heterocycles. The van der Waals surface area contributed by atoms with E-state index in [9.17, 15) is 4.79 Å². The monoisotopic (exact) mass is 336 g/mol. The Labute approximate surface area is 143 Å². The Balaban J connectivity index is 1.55. The number of nitrogens with zero attached hydrogens (tertiary/aromatic N) is 1. The number of carbonyl (C=O) groups excluding carboxylic acids is 1. The van der Waals surface area contributed by atoms with Gasteiger partial charge in [0.2, 0.25) is 0 Å². The molecular formula is C19H13ClN2O2. The fraction of sp³-hybridized carbons (Fsp3) is 0.0526. The number of rotatable bonds is 3. The summed E-state index contributed by atoms with van der Waals surface area (Å²) in [5, 5.41) is 5.85. The van der Waals surface area contributed by atoms with Crippen LogP contribution < -0.4 is 5.32 Å². The highest BCUT2D eigenvalue weighted by Gasteiger charge is 2.12. The van der Waals surface area contributed by atoms with Gasteiger partial charge in [0.25, 0.3) is 5.91 Å². The predicted molar refractivity (Wildman–Crippen MR) is 94.1 cm³/mol. The zero-order chi connectivity index (χ0) is 16.5. The van der Waals surface area contributed by atoms with E-state index in [-0.39, 0.29) is 11.6 Å². The van der Waals surface area contributed by atoms with Crippen LogP contribution in [0.3, 0.4) is 0 Å². The van der Waals surface area contributed by atoms with E-state index in [1.807, 2.05) is 54.6 Å². The number of carbonyl (C=O) groups is 1. The molecule has 118 valence electrons. The van der Waals surface area contributed by atoms with Gasteiger partial charge in [-0.05, 0) is 23.6 Å². The van der Waals surface area contributed by atoms with Gasteiger partial charge in [-0.1, -0.05) is 54.1 Å². The third-order valence-electron chi connectivity index (χ3n) is 3.83. The molecule has 4 aromatic rings. The Kier molecular flexibility index (Phi) is 3.67. The third kappa shape index (κ3) is 2.72. The number of halogens is 1. The second-order valence-electron chi connectivity index (χ2n) is 5.45. The lowest BCUT2D eigenvalue weighted by Gasteiger charge is -2.05. The van der Waals surface area contributed by atoms with Gasteiger partial charge in [0, 0.05) is 10.8 Å². The summed E-state index contributed by atoms with van der Waals surface area (Å²) < 4.78 is 5.69. The SMILES string of the molecule is O=C(NCc1cc2ccccc2o1)c1cc2ccccc2c(Cl)n1. The first kappa shape index (κ1) is 14.7. The molecule has 24 heavy (non-hydrogen) atoms. The van der Waals surface area contributed by atoms with Crippen molar-refractivity contribution in [1.82, 2.24) is 10.3 Å². The number of aromatic nitrogens is 1. The Bertz CT molecular complexity index is 1020. The average molecular weight is 337 g/mol. The molecule has 1 N–H and O–H groups in total. The molecule has 0 atom stereocenters. The van der Waals surface area contributed by atoms with Gasteiger partial charge in [-0.25, -0.2) is 4.98 Å². The van der Waals surface area contributed by atoms with Gasteiger partial charge in [0.15, 0.2) is 0 Å². The minimum atomic E-state index is -0.289. The summed E-state index contributed by atoms with van der Waals surface area (Å²) in [5.41, 5.74) is 1.09. The molecule has 0 radical (unpaired) electrons. The van der Waals surface area contributed by atoms with Crippen molar-refractivity contribution in [3.05, 3.63) is 77.3 Å². The van der Waals surface area contributed by atoms with E-state index in [1.54, 1.807) is 6.07 Å². The second-order valence-corrected chi connectivity index (χ2v) is 5.81. The van der Waals surface area contributed by atoms with Gasteiger partial charge in [-0.2, -0.15) is 0 Å². The van der Waals surface area contributed by atoms with Crippen molar-refractivity contribution in [2.45, 2.75) is 6.54 Å². The van der Waals surface area contributed by atoms with Gasteiger partial charge < -0.3 is 9.73 Å². The van der Waals surface area contributed by atoms with Crippen LogP contribution in [0.4, 0.5) is 0 Å². The molecule has 0 fully saturated rings. The Hall–Kier alpha value is -2.85. The van der Waals surface area contributed by atoms with E-state index in [2.05, 4.69) is 10.3 Å². The minimum Gasteiger partial charge on any atom is -0.459 e. The van der Waals surface area contributed by atoms with Crippen LogP contribution in [0.5, 0.6) is 0 Å². The lowest BCUT2D eigenvalue weighted by molar-refractivity contribution is 0.0943. The number of amides is 1. The van der Waals surface area contributed by atoms with E-state index in [0.717, 1.165) is 21.7 Å². The first-order valence-corrected chi connectivity index (χ1v) is 7.89. The minimum absolute atomic E-state index is 0.287. The fourth-order valence-electron chi connectivity index (χ4n) is 2.65. The van der Waals surface area contributed by atoms with Crippen LogP contribution >= 0.6 is 11.6 Å². The zero-order valence-electron chi connectivity index (χ0n) is 12.6. The molecule has 2 aromatic carbocycles. The Morgan fingerprint density at radius 1 is 1.04 bits per heavy atom. The van der Waals surface area contributed by atoms with E-state index in [4.69, 9.17) is 16.0 Å². The number of benzene rings is 2. The molecule has 1 amide bonds. The summed E-state index contributed by atoms with van der Waals surface area (Å²) in [6, 6.07) is 18.9. The molecule has 4 nitrogen and oxygen atoms in total. The molecule has 0 aliphatic carbocycles. The number of furan rings is 1. The number of nitrogens with one attached hydrogen (secondary N) is 1. The molecule has 0 spiro atoms. The van der Waals surface area contributed by atoms with Crippen LogP contribution in [0, 0.1) is 0 Å². The maximum absolute atomic E-state index is 12.4. The van der Waals surface area contributed by atoms with Gasteiger partial charge in [0.05, 0.1) is 6.54 Å². The summed E-state index contributed by atoms with van der Waals surface area (Å²) in [6.07, 6.45) is 0. The van der Waals surface area contributed by atoms with E-state index < -0.39 is 0 Å². The van der Waals surface area contributed by atoms with Gasteiger partial charge in [-0.3, -0.25) is 4.79 Å². The summed E-state index contributed by atoms with van der Waals surface area (Å²) in [6.45, 7) is 0.291. The lowest BCUT2D eigenvalue weighted by Crippen LogP contribution is -2.23. The Morgan fingerprint density at radius 2 is 1.79 bits per heavy atom. The van der Waals surface area contributed by atoms with Crippen molar-refractivity contribution in [3.63, 3.8) is 0 Å². The van der Waals surface area contributed by atoms with Crippen molar-refractivity contribution in [3.8, 4) is 0 Å². The highest BCUT2D eigenvalue weighted by molar-refractivity contribution is 6.34. The van der Waals surface area contributed by atoms with Crippen molar-refractivity contribution < 1.29 is 9.21 Å². The van der Waals surface area contributed by atoms with Crippen molar-refractivity contribution in [1.29, 1.82) is 0 Å². The summed E-state index contributed by atoms with van der Waals surface area (Å²) in [5.74, 6) is 0.402. The van der Waals surface area contributed by atoms with Crippen LogP contribution in [0.2, 0.25) is 5.15 Å². The van der Waals surface area contributed by atoms with Crippen LogP contribution in [0.25, 0.3) is 21.7 Å². The Morgan fingerprint density at radius 3 is 2.62 bits per heavy atom. The first-order valence-electron chi connectivity index (χ1n) is 7.52. The smallest absolute Gasteiger partial charge is 0.270 e. The number of pyridine rings is 1. The highest BCUT2D eigenvalue weighted by Crippen LogP contribution is 2.22. The predicted octanol–water partition coefficient (Wildman–Crippen LogP) is 4.56. The second kappa shape index (κ2) is 5.98. The lowest BCUT2D eigenvalue weighted by atomic mass is 10.1. The van der Waals surface area contributed by atoms with Crippen molar-refractivity contribution in [2.24, 2.45) is 0 Å². The number of hydrogen-bond acceptors (Lipinski definition) is 3. The first-order chi connectivity index (χ1) is 11.7. The summed E-state index contributed by atoms with van der Waals surface area (Å²) in [7, 11) is 0. The van der Waals surface area contributed by atoms with E-state index in [1.165, 1.54) is 0 Å². The standard InChI is InChI=1S/C19H13ClN2O2/c20-18-15-7-3-1-5-12(15)10-16(22-18)19(23)21-11-14-9-13-6-2-4-8-17(13)24-14/h1-10H,11H2,(H,21,23). The molecule has 4 rings (SSSR count). The van der Waals surface area contributed by atoms with Gasteiger partial charge in [-0.15, -0.1) is 0 Å². The van der Waals surface area contributed by atoms with Crippen molar-refractivity contribution in [2.75, 3.05) is 0 Å². The van der Waals surface area contributed by atoms with Crippen LogP contribution in [0.15, 0.2) is 65.1 Å². The molecule has 0 aliphatic rings. The van der Waals surface area contributed by atoms with Crippen LogP contribution in [-0.4, -0.2) is 10.9 Å². The maximum atomic E-state index is 12.4. The van der Waals surface area contributed by atoms with Gasteiger partial charge >= 0.3 is 0 Å². The number of hydrogen-bond donors (Lipinski definition) is 1. The van der Waals surface area contributed by atoms with Gasteiger partial charge in [0.1, 0.15) is 22.2 Å². The third-order valence-corrected chi connectivity index (χ3v) is 4.11. The molecule has 0 aliphatic heterocycles. The van der Waals surface area contributed by atoms with Crippen molar-refractivity contribution >= 4 is 39.2 Å². The molecule has 5 heteroatoms. The van der Waals surface area contributed by atoms with Crippen LogP contribution in [-0.2, 0) is 6.54 Å².